The monoisotopic (exact) mass is 515 g/mol. The number of carbonyl (C=O) groups is 2. The highest BCUT2D eigenvalue weighted by Gasteiger charge is 2.32. The fourth-order valence-corrected chi connectivity index (χ4v) is 4.46. The van der Waals surface area contributed by atoms with Crippen LogP contribution in [-0.4, -0.2) is 64.2 Å². The van der Waals surface area contributed by atoms with Gasteiger partial charge in [-0.3, -0.25) is 19.6 Å². The lowest BCUT2D eigenvalue weighted by atomic mass is 10.1. The molecule has 0 spiro atoms. The van der Waals surface area contributed by atoms with Crippen LogP contribution in [0.5, 0.6) is 5.75 Å². The summed E-state index contributed by atoms with van der Waals surface area (Å²) in [7, 11) is 0. The van der Waals surface area contributed by atoms with Crippen LogP contribution in [0.1, 0.15) is 28.5 Å². The van der Waals surface area contributed by atoms with Gasteiger partial charge in [-0.25, -0.2) is 4.98 Å². The Morgan fingerprint density at radius 3 is 2.78 bits per heavy atom. The number of hydrogen-bond acceptors (Lipinski definition) is 7. The van der Waals surface area contributed by atoms with E-state index >= 15 is 0 Å². The third kappa shape index (κ3) is 5.35. The Balaban J connectivity index is 1.21. The van der Waals surface area contributed by atoms with E-state index in [-0.39, 0.29) is 24.5 Å². The maximum absolute atomic E-state index is 13.0. The molecule has 2 aliphatic heterocycles. The number of pyridine rings is 1. The molecular weight excluding hydrogens is 491 g/mol. The fraction of sp³-hybridized carbons (Fsp3) is 0.333. The standard InChI is InChI=1S/C24H24F3N7O3/c1-14-11-33(6-7-34(14)20-5-2-16(10-28-20)24(25,26)27)12-15-9-29-32-22(15)23(36)30-17-3-4-19-18(8-17)31-21(35)13-37-19/h2-5,8-10,14H,6-7,11-13H2,1H3,(H,29,32)(H,30,36)(H,31,35)/t14-/m1/s1. The maximum Gasteiger partial charge on any atom is 0.417 e. The number of piperazine rings is 1. The highest BCUT2D eigenvalue weighted by atomic mass is 19.4. The molecular formula is C24H24F3N7O3. The van der Waals surface area contributed by atoms with Gasteiger partial charge in [0.25, 0.3) is 11.8 Å². The Morgan fingerprint density at radius 2 is 2.05 bits per heavy atom. The summed E-state index contributed by atoms with van der Waals surface area (Å²) in [6.45, 7) is 4.22. The van der Waals surface area contributed by atoms with Crippen molar-refractivity contribution in [2.45, 2.75) is 25.7 Å². The number of H-pyrrole nitrogens is 1. The topological polar surface area (TPSA) is 115 Å². The molecule has 10 nitrogen and oxygen atoms in total. The van der Waals surface area contributed by atoms with Gasteiger partial charge in [0.15, 0.2) is 6.61 Å². The van der Waals surface area contributed by atoms with Crippen molar-refractivity contribution in [3.63, 3.8) is 0 Å². The maximum atomic E-state index is 13.0. The van der Waals surface area contributed by atoms with Crippen molar-refractivity contribution in [2.24, 2.45) is 0 Å². The number of aromatic amines is 1. The zero-order valence-corrected chi connectivity index (χ0v) is 19.8. The first-order valence-corrected chi connectivity index (χ1v) is 11.6. The van der Waals surface area contributed by atoms with Crippen LogP contribution < -0.4 is 20.3 Å². The second kappa shape index (κ2) is 9.73. The molecule has 2 aliphatic rings. The van der Waals surface area contributed by atoms with Gasteiger partial charge < -0.3 is 20.3 Å². The number of halogens is 3. The van der Waals surface area contributed by atoms with E-state index in [1.54, 1.807) is 24.4 Å². The van der Waals surface area contributed by atoms with E-state index in [9.17, 15) is 22.8 Å². The number of aromatic nitrogens is 3. The molecule has 4 heterocycles. The fourth-order valence-electron chi connectivity index (χ4n) is 4.46. The first kappa shape index (κ1) is 24.6. The van der Waals surface area contributed by atoms with Crippen molar-refractivity contribution < 1.29 is 27.5 Å². The number of hydrogen-bond donors (Lipinski definition) is 3. The first-order chi connectivity index (χ1) is 17.7. The number of anilines is 3. The zero-order chi connectivity index (χ0) is 26.2. The molecule has 0 aliphatic carbocycles. The van der Waals surface area contributed by atoms with Crippen LogP contribution in [0.2, 0.25) is 0 Å². The van der Waals surface area contributed by atoms with Crippen molar-refractivity contribution in [1.82, 2.24) is 20.1 Å². The molecule has 2 aromatic heterocycles. The second-order valence-corrected chi connectivity index (χ2v) is 8.95. The molecule has 3 N–H and O–H groups in total. The summed E-state index contributed by atoms with van der Waals surface area (Å²) >= 11 is 0. The van der Waals surface area contributed by atoms with Gasteiger partial charge in [-0.15, -0.1) is 0 Å². The smallest absolute Gasteiger partial charge is 0.417 e. The molecule has 5 rings (SSSR count). The summed E-state index contributed by atoms with van der Waals surface area (Å²) in [6, 6.07) is 7.41. The highest BCUT2D eigenvalue weighted by molar-refractivity contribution is 6.04. The third-order valence-corrected chi connectivity index (χ3v) is 6.29. The molecule has 1 saturated heterocycles. The number of alkyl halides is 3. The molecule has 0 saturated carbocycles. The van der Waals surface area contributed by atoms with E-state index in [1.807, 2.05) is 11.8 Å². The Morgan fingerprint density at radius 1 is 1.22 bits per heavy atom. The molecule has 194 valence electrons. The van der Waals surface area contributed by atoms with Gasteiger partial charge in [0.2, 0.25) is 0 Å². The van der Waals surface area contributed by atoms with Crippen LogP contribution in [-0.2, 0) is 17.5 Å². The van der Waals surface area contributed by atoms with E-state index < -0.39 is 11.7 Å². The molecule has 0 unspecified atom stereocenters. The summed E-state index contributed by atoms with van der Waals surface area (Å²) in [4.78, 5) is 32.7. The normalized spacial score (nSPS) is 18.1. The number of nitrogens with one attached hydrogen (secondary N) is 3. The summed E-state index contributed by atoms with van der Waals surface area (Å²) in [5, 5.41) is 12.3. The van der Waals surface area contributed by atoms with E-state index in [4.69, 9.17) is 4.74 Å². The number of amides is 2. The second-order valence-electron chi connectivity index (χ2n) is 8.95. The van der Waals surface area contributed by atoms with Crippen LogP contribution in [0.3, 0.4) is 0 Å². The van der Waals surface area contributed by atoms with Gasteiger partial charge in [0, 0.05) is 49.7 Å². The molecule has 13 heteroatoms. The average molecular weight is 515 g/mol. The Labute approximate surface area is 209 Å². The molecule has 3 aromatic rings. The first-order valence-electron chi connectivity index (χ1n) is 11.6. The van der Waals surface area contributed by atoms with E-state index in [1.165, 1.54) is 6.07 Å². The number of ether oxygens (including phenoxy) is 1. The number of nitrogens with zero attached hydrogens (tertiary/aromatic N) is 4. The molecule has 0 radical (unpaired) electrons. The summed E-state index contributed by atoms with van der Waals surface area (Å²) in [5.41, 5.74) is 1.22. The number of benzene rings is 1. The minimum Gasteiger partial charge on any atom is -0.482 e. The Kier molecular flexibility index (Phi) is 6.46. The number of fused-ring (bicyclic) bond motifs is 1. The number of rotatable bonds is 5. The SMILES string of the molecule is C[C@@H]1CN(Cc2cn[nH]c2C(=O)Nc2ccc3c(c2)NC(=O)CO3)CCN1c1ccc(C(F)(F)F)cn1. The zero-order valence-electron chi connectivity index (χ0n) is 19.8. The van der Waals surface area contributed by atoms with Crippen molar-refractivity contribution >= 4 is 29.0 Å². The summed E-state index contributed by atoms with van der Waals surface area (Å²) in [5.74, 6) is 0.376. The van der Waals surface area contributed by atoms with Gasteiger partial charge in [-0.05, 0) is 37.3 Å². The van der Waals surface area contributed by atoms with Crippen LogP contribution in [0.4, 0.5) is 30.4 Å². The van der Waals surface area contributed by atoms with Crippen LogP contribution >= 0.6 is 0 Å². The average Bonchev–Trinajstić information content (AvgIpc) is 3.32. The third-order valence-electron chi connectivity index (χ3n) is 6.29. The molecule has 2 amide bonds. The lowest BCUT2D eigenvalue weighted by molar-refractivity contribution is -0.137. The Bertz CT molecular complexity index is 1310. The predicted molar refractivity (Wildman–Crippen MR) is 128 cm³/mol. The van der Waals surface area contributed by atoms with Gasteiger partial charge >= 0.3 is 6.18 Å². The molecule has 1 atom stereocenters. The summed E-state index contributed by atoms with van der Waals surface area (Å²) < 4.78 is 43.9. The van der Waals surface area contributed by atoms with Crippen LogP contribution in [0.15, 0.2) is 42.7 Å². The van der Waals surface area contributed by atoms with Crippen LogP contribution in [0.25, 0.3) is 0 Å². The van der Waals surface area contributed by atoms with Crippen LogP contribution in [0, 0.1) is 0 Å². The Hall–Kier alpha value is -4.13. The van der Waals surface area contributed by atoms with Gasteiger partial charge in [0.05, 0.1) is 17.4 Å². The van der Waals surface area contributed by atoms with Gasteiger partial charge in [-0.1, -0.05) is 0 Å². The number of carbonyl (C=O) groups excluding carboxylic acids is 2. The van der Waals surface area contributed by atoms with E-state index in [0.717, 1.165) is 12.3 Å². The predicted octanol–water partition coefficient (Wildman–Crippen LogP) is 3.12. The lowest BCUT2D eigenvalue weighted by Crippen LogP contribution is -2.52. The highest BCUT2D eigenvalue weighted by Crippen LogP contribution is 2.31. The van der Waals surface area contributed by atoms with Gasteiger partial charge in [0.1, 0.15) is 17.3 Å². The minimum atomic E-state index is -4.42. The lowest BCUT2D eigenvalue weighted by Gasteiger charge is -2.40. The van der Waals surface area contributed by atoms with Crippen molar-refractivity contribution in [2.75, 3.05) is 41.8 Å². The molecule has 1 fully saturated rings. The van der Waals surface area contributed by atoms with Crippen molar-refractivity contribution in [3.05, 3.63) is 59.5 Å². The summed E-state index contributed by atoms with van der Waals surface area (Å²) in [6.07, 6.45) is -1.97. The van der Waals surface area contributed by atoms with Gasteiger partial charge in [-0.2, -0.15) is 18.3 Å². The molecule has 1 aromatic carbocycles. The quantitative estimate of drug-likeness (QED) is 0.478. The van der Waals surface area contributed by atoms with Crippen molar-refractivity contribution in [1.29, 1.82) is 0 Å². The molecule has 37 heavy (non-hydrogen) atoms. The van der Waals surface area contributed by atoms with E-state index in [0.29, 0.717) is 60.4 Å². The largest absolute Gasteiger partial charge is 0.482 e. The van der Waals surface area contributed by atoms with Crippen molar-refractivity contribution in [3.8, 4) is 5.75 Å². The molecule has 0 bridgehead atoms. The minimum absolute atomic E-state index is 0.00455. The van der Waals surface area contributed by atoms with E-state index in [2.05, 4.69) is 30.7 Å².